The third-order valence-electron chi connectivity index (χ3n) is 5.69. The Morgan fingerprint density at radius 3 is 2.71 bits per heavy atom. The average molecular weight is 436 g/mol. The molecule has 1 amide bonds. The highest BCUT2D eigenvalue weighted by atomic mass is 32.1. The predicted octanol–water partition coefficient (Wildman–Crippen LogP) is 5.37. The lowest BCUT2D eigenvalue weighted by Crippen LogP contribution is -2.33. The van der Waals surface area contributed by atoms with E-state index < -0.39 is 0 Å². The van der Waals surface area contributed by atoms with Gasteiger partial charge in [0.2, 0.25) is 0 Å². The Kier molecular flexibility index (Phi) is 7.33. The van der Waals surface area contributed by atoms with Crippen LogP contribution in [-0.4, -0.2) is 36.0 Å². The summed E-state index contributed by atoms with van der Waals surface area (Å²) in [5, 5.41) is 3.17. The predicted molar refractivity (Wildman–Crippen MR) is 126 cm³/mol. The van der Waals surface area contributed by atoms with Gasteiger partial charge in [-0.05, 0) is 49.2 Å². The maximum Gasteiger partial charge on any atom is 0.258 e. The molecule has 0 atom stereocenters. The fraction of sp³-hybridized carbons (Fsp3) is 0.360. The molecular formula is C25H29N3O2S. The van der Waals surface area contributed by atoms with Gasteiger partial charge in [-0.25, -0.2) is 4.98 Å². The third kappa shape index (κ3) is 5.51. The molecule has 0 unspecified atom stereocenters. The van der Waals surface area contributed by atoms with Crippen molar-refractivity contribution in [1.29, 1.82) is 0 Å². The molecule has 0 saturated carbocycles. The average Bonchev–Trinajstić information content (AvgIpc) is 3.30. The number of hydrogen-bond acceptors (Lipinski definition) is 5. The lowest BCUT2D eigenvalue weighted by Gasteiger charge is -2.27. The second-order valence-corrected chi connectivity index (χ2v) is 8.85. The SMILES string of the molecule is COc1cccc(C(=O)N2CCCCCCN(Cc3nccs3)Cc3ccccc32)c1. The molecule has 4 rings (SSSR count). The Labute approximate surface area is 188 Å². The van der Waals surface area contributed by atoms with E-state index in [-0.39, 0.29) is 5.91 Å². The van der Waals surface area contributed by atoms with Crippen LogP contribution in [0.4, 0.5) is 5.69 Å². The standard InChI is InChI=1S/C25H29N3O2S/c1-30-22-11-8-10-20(17-22)25(29)28-15-7-3-2-6-14-27(19-24-26-13-16-31-24)18-21-9-4-5-12-23(21)28/h4-5,8-13,16-17H,2-3,6-7,14-15,18-19H2,1H3. The summed E-state index contributed by atoms with van der Waals surface area (Å²) in [5.74, 6) is 0.726. The van der Waals surface area contributed by atoms with E-state index in [4.69, 9.17) is 4.74 Å². The number of nitrogens with zero attached hydrogens (tertiary/aromatic N) is 3. The van der Waals surface area contributed by atoms with Crippen molar-refractivity contribution in [2.45, 2.75) is 38.8 Å². The number of rotatable bonds is 4. The van der Waals surface area contributed by atoms with E-state index in [1.165, 1.54) is 12.0 Å². The van der Waals surface area contributed by atoms with E-state index in [9.17, 15) is 4.79 Å². The summed E-state index contributed by atoms with van der Waals surface area (Å²) in [6.07, 6.45) is 6.32. The molecule has 2 heterocycles. The Balaban J connectivity index is 1.65. The zero-order valence-corrected chi connectivity index (χ0v) is 18.8. The fourth-order valence-corrected chi connectivity index (χ4v) is 4.74. The van der Waals surface area contributed by atoms with Crippen molar-refractivity contribution in [3.8, 4) is 5.75 Å². The minimum absolute atomic E-state index is 0.0251. The highest BCUT2D eigenvalue weighted by molar-refractivity contribution is 7.09. The van der Waals surface area contributed by atoms with E-state index in [1.807, 2.05) is 46.8 Å². The monoisotopic (exact) mass is 435 g/mol. The van der Waals surface area contributed by atoms with Crippen LogP contribution in [0.3, 0.4) is 0 Å². The summed E-state index contributed by atoms with van der Waals surface area (Å²) < 4.78 is 5.34. The van der Waals surface area contributed by atoms with Crippen LogP contribution in [0.5, 0.6) is 5.75 Å². The van der Waals surface area contributed by atoms with Crippen LogP contribution in [0, 0.1) is 0 Å². The number of fused-ring (bicyclic) bond motifs is 1. The second kappa shape index (κ2) is 10.6. The van der Waals surface area contributed by atoms with Crippen molar-refractivity contribution in [1.82, 2.24) is 9.88 Å². The summed E-state index contributed by atoms with van der Waals surface area (Å²) in [6.45, 7) is 3.41. The smallest absolute Gasteiger partial charge is 0.258 e. The number of thiazole rings is 1. The summed E-state index contributed by atoms with van der Waals surface area (Å²) in [6, 6.07) is 15.7. The van der Waals surface area contributed by atoms with Crippen LogP contribution in [0.15, 0.2) is 60.1 Å². The van der Waals surface area contributed by atoms with Crippen molar-refractivity contribution < 1.29 is 9.53 Å². The zero-order valence-electron chi connectivity index (χ0n) is 18.0. The van der Waals surface area contributed by atoms with Crippen LogP contribution in [0.25, 0.3) is 0 Å². The summed E-state index contributed by atoms with van der Waals surface area (Å²) in [4.78, 5) is 22.5. The van der Waals surface area contributed by atoms with Crippen LogP contribution in [0.1, 0.15) is 46.6 Å². The number of anilines is 1. The Bertz CT molecular complexity index is 990. The van der Waals surface area contributed by atoms with E-state index in [2.05, 4.69) is 28.1 Å². The number of benzene rings is 2. The number of hydrogen-bond donors (Lipinski definition) is 0. The molecule has 0 bridgehead atoms. The van der Waals surface area contributed by atoms with Crippen LogP contribution in [-0.2, 0) is 13.1 Å². The Morgan fingerprint density at radius 2 is 1.90 bits per heavy atom. The molecule has 162 valence electrons. The van der Waals surface area contributed by atoms with E-state index in [0.29, 0.717) is 11.3 Å². The number of carbonyl (C=O) groups excluding carboxylic acids is 1. The number of amides is 1. The third-order valence-corrected chi connectivity index (χ3v) is 6.45. The number of para-hydroxylation sites is 1. The van der Waals surface area contributed by atoms with E-state index in [1.54, 1.807) is 18.4 Å². The topological polar surface area (TPSA) is 45.7 Å². The molecule has 1 aliphatic rings. The molecular weight excluding hydrogens is 406 g/mol. The molecule has 0 saturated heterocycles. The lowest BCUT2D eigenvalue weighted by molar-refractivity contribution is 0.0986. The molecule has 0 aliphatic carbocycles. The highest BCUT2D eigenvalue weighted by Crippen LogP contribution is 2.27. The first kappa shape index (κ1) is 21.5. The number of methoxy groups -OCH3 is 1. The summed E-state index contributed by atoms with van der Waals surface area (Å²) >= 11 is 1.70. The maximum absolute atomic E-state index is 13.6. The van der Waals surface area contributed by atoms with Crippen molar-refractivity contribution in [2.75, 3.05) is 25.1 Å². The minimum Gasteiger partial charge on any atom is -0.497 e. The minimum atomic E-state index is 0.0251. The van der Waals surface area contributed by atoms with Gasteiger partial charge in [0.05, 0.1) is 13.7 Å². The van der Waals surface area contributed by atoms with Gasteiger partial charge in [0.1, 0.15) is 10.8 Å². The van der Waals surface area contributed by atoms with Crippen molar-refractivity contribution in [3.63, 3.8) is 0 Å². The molecule has 0 N–H and O–H groups in total. The number of ether oxygens (including phenoxy) is 1. The van der Waals surface area contributed by atoms with Crippen LogP contribution in [0.2, 0.25) is 0 Å². The molecule has 5 nitrogen and oxygen atoms in total. The molecule has 0 radical (unpaired) electrons. The number of aromatic nitrogens is 1. The first-order valence-electron chi connectivity index (χ1n) is 10.9. The first-order valence-corrected chi connectivity index (χ1v) is 11.8. The van der Waals surface area contributed by atoms with E-state index in [0.717, 1.165) is 56.1 Å². The summed E-state index contributed by atoms with van der Waals surface area (Å²) in [5.41, 5.74) is 2.84. The van der Waals surface area contributed by atoms with Gasteiger partial charge in [-0.15, -0.1) is 11.3 Å². The molecule has 1 aromatic heterocycles. The first-order chi connectivity index (χ1) is 15.2. The zero-order chi connectivity index (χ0) is 21.5. The van der Waals surface area contributed by atoms with Crippen molar-refractivity contribution >= 4 is 22.9 Å². The van der Waals surface area contributed by atoms with Gasteiger partial charge in [-0.3, -0.25) is 9.69 Å². The molecule has 6 heteroatoms. The molecule has 2 aromatic carbocycles. The quantitative estimate of drug-likeness (QED) is 0.552. The largest absolute Gasteiger partial charge is 0.497 e. The molecule has 31 heavy (non-hydrogen) atoms. The van der Waals surface area contributed by atoms with Gasteiger partial charge in [0.15, 0.2) is 0 Å². The van der Waals surface area contributed by atoms with Gasteiger partial charge in [0, 0.05) is 35.9 Å². The van der Waals surface area contributed by atoms with Crippen molar-refractivity contribution in [3.05, 3.63) is 76.2 Å². The molecule has 0 spiro atoms. The van der Waals surface area contributed by atoms with Gasteiger partial charge in [-0.1, -0.05) is 37.1 Å². The van der Waals surface area contributed by atoms with Gasteiger partial charge >= 0.3 is 0 Å². The fourth-order valence-electron chi connectivity index (χ4n) is 4.09. The normalized spacial score (nSPS) is 15.7. The van der Waals surface area contributed by atoms with Crippen LogP contribution < -0.4 is 9.64 Å². The lowest BCUT2D eigenvalue weighted by atomic mass is 10.1. The molecule has 1 aliphatic heterocycles. The van der Waals surface area contributed by atoms with Gasteiger partial charge < -0.3 is 9.64 Å². The second-order valence-electron chi connectivity index (χ2n) is 7.87. The van der Waals surface area contributed by atoms with Crippen LogP contribution >= 0.6 is 11.3 Å². The number of carbonyl (C=O) groups is 1. The van der Waals surface area contributed by atoms with E-state index >= 15 is 0 Å². The van der Waals surface area contributed by atoms with Gasteiger partial charge in [0.25, 0.3) is 5.91 Å². The summed E-state index contributed by atoms with van der Waals surface area (Å²) in [7, 11) is 1.63. The highest BCUT2D eigenvalue weighted by Gasteiger charge is 2.22. The maximum atomic E-state index is 13.6. The Hall–Kier alpha value is -2.70. The Morgan fingerprint density at radius 1 is 1.06 bits per heavy atom. The van der Waals surface area contributed by atoms with Crippen molar-refractivity contribution in [2.24, 2.45) is 0 Å². The molecule has 0 fully saturated rings. The van der Waals surface area contributed by atoms with Gasteiger partial charge in [-0.2, -0.15) is 0 Å². The molecule has 3 aromatic rings.